The van der Waals surface area contributed by atoms with Crippen molar-refractivity contribution >= 4 is 33.5 Å². The molecule has 4 aliphatic carbocycles. The summed E-state index contributed by atoms with van der Waals surface area (Å²) in [4.78, 5) is 40.0. The number of ketones is 2. The lowest BCUT2D eigenvalue weighted by molar-refractivity contribution is -0.156. The van der Waals surface area contributed by atoms with E-state index in [2.05, 4.69) is 22.9 Å². The van der Waals surface area contributed by atoms with Crippen LogP contribution in [0.4, 0.5) is 0 Å². The van der Waals surface area contributed by atoms with E-state index in [0.29, 0.717) is 24.8 Å². The molecule has 3 atom stereocenters. The van der Waals surface area contributed by atoms with E-state index in [4.69, 9.17) is 4.74 Å². The van der Waals surface area contributed by atoms with Crippen LogP contribution in [0.5, 0.6) is 0 Å². The Morgan fingerprint density at radius 2 is 1.90 bits per heavy atom. The molecule has 5 rings (SSSR count). The maximum Gasteiger partial charge on any atom is 0.338 e. The number of hydrogen-bond acceptors (Lipinski definition) is 4. The largest absolute Gasteiger partial charge is 0.461 e. The van der Waals surface area contributed by atoms with Crippen molar-refractivity contribution in [3.8, 4) is 0 Å². The summed E-state index contributed by atoms with van der Waals surface area (Å²) < 4.78 is 6.62. The van der Waals surface area contributed by atoms with Gasteiger partial charge in [-0.25, -0.2) is 4.79 Å². The van der Waals surface area contributed by atoms with Crippen LogP contribution in [0.1, 0.15) is 56.8 Å². The van der Waals surface area contributed by atoms with Crippen molar-refractivity contribution in [3.63, 3.8) is 0 Å². The van der Waals surface area contributed by atoms with Gasteiger partial charge < -0.3 is 4.74 Å². The first-order chi connectivity index (χ1) is 14.1. The van der Waals surface area contributed by atoms with Gasteiger partial charge in [-0.2, -0.15) is 0 Å². The Bertz CT molecular complexity index is 971. The molecule has 0 aliphatic heterocycles. The molecular weight excluding hydrogens is 444 g/mol. The van der Waals surface area contributed by atoms with Gasteiger partial charge in [0.05, 0.1) is 16.4 Å². The van der Waals surface area contributed by atoms with Crippen molar-refractivity contribution in [2.45, 2.75) is 46.5 Å². The number of esters is 1. The van der Waals surface area contributed by atoms with Crippen LogP contribution in [0.2, 0.25) is 0 Å². The van der Waals surface area contributed by atoms with Crippen molar-refractivity contribution in [3.05, 3.63) is 58.1 Å². The Labute approximate surface area is 185 Å². The summed E-state index contributed by atoms with van der Waals surface area (Å²) in [5.41, 5.74) is -1.13. The Morgan fingerprint density at radius 3 is 2.53 bits per heavy atom. The van der Waals surface area contributed by atoms with E-state index in [1.807, 2.05) is 32.1 Å². The Hall–Kier alpha value is -2.01. The molecule has 0 N–H and O–H groups in total. The molecule has 0 spiro atoms. The standard InChI is InChI=1S/C25H27BrO4/c1-16-14-24(12-9-18(16)13-20(24)27)25(11-4-10-23(2,3)22(25)29)15-30-21(28)17-5-7-19(26)8-6-17/h4-8,11,14,18H,9-10,12-13,15H2,1-3H3/t18-,24+,25-/m1/s1. The summed E-state index contributed by atoms with van der Waals surface area (Å²) in [6, 6.07) is 6.91. The first-order valence-corrected chi connectivity index (χ1v) is 11.3. The maximum absolute atomic E-state index is 13.9. The molecule has 30 heavy (non-hydrogen) atoms. The SMILES string of the molecule is CC1=C[C@@]2([C@@]3(COC(=O)c4ccc(Br)cc4)C=CCC(C)(C)C3=O)CC[C@@H]1CC2=O. The summed E-state index contributed by atoms with van der Waals surface area (Å²) >= 11 is 3.36. The second kappa shape index (κ2) is 7.30. The minimum absolute atomic E-state index is 0.0149. The molecule has 1 aromatic rings. The van der Waals surface area contributed by atoms with E-state index >= 15 is 0 Å². The first kappa shape index (κ1) is 21.2. The number of fused-ring (bicyclic) bond motifs is 2. The Morgan fingerprint density at radius 1 is 1.20 bits per heavy atom. The first-order valence-electron chi connectivity index (χ1n) is 10.5. The smallest absolute Gasteiger partial charge is 0.338 e. The molecule has 1 saturated carbocycles. The predicted molar refractivity (Wildman–Crippen MR) is 118 cm³/mol. The van der Waals surface area contributed by atoms with E-state index in [0.717, 1.165) is 10.9 Å². The predicted octanol–water partition coefficient (Wildman–Crippen LogP) is 5.46. The number of benzene rings is 1. The third-order valence-electron chi connectivity index (χ3n) is 7.29. The average Bonchev–Trinajstić information content (AvgIpc) is 2.70. The van der Waals surface area contributed by atoms with E-state index in [9.17, 15) is 14.4 Å². The number of rotatable bonds is 4. The number of hydrogen-bond donors (Lipinski definition) is 0. The van der Waals surface area contributed by atoms with Gasteiger partial charge in [0.2, 0.25) is 0 Å². The van der Waals surface area contributed by atoms with Gasteiger partial charge in [-0.3, -0.25) is 9.59 Å². The highest BCUT2D eigenvalue weighted by atomic mass is 79.9. The molecule has 158 valence electrons. The lowest BCUT2D eigenvalue weighted by Gasteiger charge is -2.54. The van der Waals surface area contributed by atoms with Crippen LogP contribution >= 0.6 is 15.9 Å². The highest BCUT2D eigenvalue weighted by molar-refractivity contribution is 9.10. The second-order valence-corrected chi connectivity index (χ2v) is 10.5. The lowest BCUT2D eigenvalue weighted by atomic mass is 9.46. The molecule has 0 saturated heterocycles. The molecule has 1 fully saturated rings. The van der Waals surface area contributed by atoms with E-state index in [1.165, 1.54) is 5.57 Å². The molecular formula is C25H27BrO4. The van der Waals surface area contributed by atoms with E-state index in [1.54, 1.807) is 24.3 Å². The fourth-order valence-corrected chi connectivity index (χ4v) is 5.73. The van der Waals surface area contributed by atoms with Crippen LogP contribution in [0, 0.1) is 22.2 Å². The molecule has 2 bridgehead atoms. The summed E-state index contributed by atoms with van der Waals surface area (Å²) in [7, 11) is 0. The minimum atomic E-state index is -1.16. The van der Waals surface area contributed by atoms with Crippen LogP contribution in [0.25, 0.3) is 0 Å². The van der Waals surface area contributed by atoms with Crippen molar-refractivity contribution in [2.24, 2.45) is 22.2 Å². The molecule has 5 heteroatoms. The highest BCUT2D eigenvalue weighted by Gasteiger charge is 2.64. The molecule has 1 aromatic carbocycles. The van der Waals surface area contributed by atoms with Gasteiger partial charge in [-0.1, -0.05) is 53.6 Å². The average molecular weight is 471 g/mol. The van der Waals surface area contributed by atoms with Crippen LogP contribution in [-0.2, 0) is 14.3 Å². The zero-order valence-electron chi connectivity index (χ0n) is 17.7. The van der Waals surface area contributed by atoms with Crippen molar-refractivity contribution in [2.75, 3.05) is 6.61 Å². The quantitative estimate of drug-likeness (QED) is 0.432. The molecule has 4 nitrogen and oxygen atoms in total. The molecule has 0 unspecified atom stereocenters. The molecule has 0 amide bonds. The highest BCUT2D eigenvalue weighted by Crippen LogP contribution is 2.60. The number of halogens is 1. The van der Waals surface area contributed by atoms with E-state index < -0.39 is 22.2 Å². The molecule has 0 aromatic heterocycles. The zero-order valence-corrected chi connectivity index (χ0v) is 19.3. The summed E-state index contributed by atoms with van der Waals surface area (Å²) in [5.74, 6) is -0.128. The Kier molecular flexibility index (Phi) is 5.16. The Balaban J connectivity index is 1.75. The third-order valence-corrected chi connectivity index (χ3v) is 7.82. The van der Waals surface area contributed by atoms with Crippen LogP contribution in [0.3, 0.4) is 0 Å². The number of Topliss-reactive ketones (excluding diaryl/α,β-unsaturated/α-hetero) is 2. The summed E-state index contributed by atoms with van der Waals surface area (Å²) in [6.07, 6.45) is 8.46. The van der Waals surface area contributed by atoms with Crippen molar-refractivity contribution in [1.82, 2.24) is 0 Å². The fraction of sp³-hybridized carbons (Fsp3) is 0.480. The van der Waals surface area contributed by atoms with Gasteiger partial charge in [0.25, 0.3) is 0 Å². The maximum atomic E-state index is 13.9. The van der Waals surface area contributed by atoms with Gasteiger partial charge in [0, 0.05) is 16.3 Å². The zero-order chi connectivity index (χ0) is 21.7. The number of allylic oxidation sites excluding steroid dienone is 3. The molecule has 4 aliphatic rings. The van der Waals surface area contributed by atoms with Crippen molar-refractivity contribution < 1.29 is 19.1 Å². The monoisotopic (exact) mass is 470 g/mol. The lowest BCUT2D eigenvalue weighted by Crippen LogP contribution is -2.60. The summed E-state index contributed by atoms with van der Waals surface area (Å²) in [6.45, 7) is 5.75. The number of ether oxygens (including phenoxy) is 1. The third kappa shape index (κ3) is 3.13. The van der Waals surface area contributed by atoms with Gasteiger partial charge in [0.15, 0.2) is 5.78 Å². The van der Waals surface area contributed by atoms with Crippen molar-refractivity contribution in [1.29, 1.82) is 0 Å². The van der Waals surface area contributed by atoms with Crippen LogP contribution in [0.15, 0.2) is 52.5 Å². The van der Waals surface area contributed by atoms with Gasteiger partial charge in [-0.15, -0.1) is 0 Å². The van der Waals surface area contributed by atoms with Gasteiger partial charge >= 0.3 is 5.97 Å². The number of carbonyl (C=O) groups excluding carboxylic acids is 3. The minimum Gasteiger partial charge on any atom is -0.461 e. The molecule has 0 heterocycles. The summed E-state index contributed by atoms with van der Waals surface area (Å²) in [5, 5.41) is 0. The topological polar surface area (TPSA) is 60.4 Å². The fourth-order valence-electron chi connectivity index (χ4n) is 5.47. The number of carbonyl (C=O) groups is 3. The normalized spacial score (nSPS) is 32.1. The van der Waals surface area contributed by atoms with Gasteiger partial charge in [-0.05, 0) is 56.4 Å². The molecule has 0 radical (unpaired) electrons. The van der Waals surface area contributed by atoms with Crippen LogP contribution in [-0.4, -0.2) is 24.1 Å². The van der Waals surface area contributed by atoms with E-state index in [-0.39, 0.29) is 24.1 Å². The second-order valence-electron chi connectivity index (χ2n) is 9.60. The van der Waals surface area contributed by atoms with Gasteiger partial charge in [0.1, 0.15) is 12.4 Å². The van der Waals surface area contributed by atoms with Crippen LogP contribution < -0.4 is 0 Å².